The van der Waals surface area contributed by atoms with Gasteiger partial charge < -0.3 is 21.2 Å². The molecular formula is C11H18N6O2. The molecule has 1 aliphatic carbocycles. The molecule has 0 radical (unpaired) electrons. The molecule has 2 rings (SSSR count). The van der Waals surface area contributed by atoms with Crippen LogP contribution in [0.3, 0.4) is 0 Å². The molecule has 1 aliphatic rings. The molecule has 1 fully saturated rings. The van der Waals surface area contributed by atoms with Gasteiger partial charge in [0.25, 0.3) is 0 Å². The van der Waals surface area contributed by atoms with Crippen LogP contribution in [0.1, 0.15) is 24.6 Å². The van der Waals surface area contributed by atoms with E-state index in [-0.39, 0.29) is 6.61 Å². The fourth-order valence-electron chi connectivity index (χ4n) is 1.58. The number of carbonyl (C=O) groups is 1. The van der Waals surface area contributed by atoms with Crippen LogP contribution in [-0.2, 0) is 9.53 Å². The minimum absolute atomic E-state index is 0.0750. The summed E-state index contributed by atoms with van der Waals surface area (Å²) >= 11 is 0. The van der Waals surface area contributed by atoms with Crippen molar-refractivity contribution in [2.75, 3.05) is 30.5 Å². The normalized spacial score (nSPS) is 14.2. The number of hydrogen-bond acceptors (Lipinski definition) is 7. The SMILES string of the molecule is NNc1cc(NCCOCC(N)=O)nc(C2CC2)n1. The molecule has 8 nitrogen and oxygen atoms in total. The first kappa shape index (κ1) is 13.5. The van der Waals surface area contributed by atoms with E-state index in [1.54, 1.807) is 6.07 Å². The third kappa shape index (κ3) is 4.34. The van der Waals surface area contributed by atoms with Crippen molar-refractivity contribution in [3.63, 3.8) is 0 Å². The van der Waals surface area contributed by atoms with Crippen molar-refractivity contribution < 1.29 is 9.53 Å². The van der Waals surface area contributed by atoms with Gasteiger partial charge in [0.05, 0.1) is 6.61 Å². The molecule has 8 heteroatoms. The van der Waals surface area contributed by atoms with Crippen molar-refractivity contribution in [3.05, 3.63) is 11.9 Å². The Morgan fingerprint density at radius 2 is 2.16 bits per heavy atom. The average molecular weight is 266 g/mol. The molecular weight excluding hydrogens is 248 g/mol. The van der Waals surface area contributed by atoms with Crippen molar-refractivity contribution in [2.45, 2.75) is 18.8 Å². The summed E-state index contributed by atoms with van der Waals surface area (Å²) in [6.07, 6.45) is 2.24. The molecule has 0 aliphatic heterocycles. The number of nitrogens with one attached hydrogen (secondary N) is 2. The fraction of sp³-hybridized carbons (Fsp3) is 0.545. The number of hydrogen-bond donors (Lipinski definition) is 4. The third-order valence-corrected chi connectivity index (χ3v) is 2.63. The van der Waals surface area contributed by atoms with Crippen LogP contribution in [0.5, 0.6) is 0 Å². The molecule has 0 unspecified atom stereocenters. The molecule has 1 amide bonds. The van der Waals surface area contributed by atoms with Gasteiger partial charge in [-0.05, 0) is 12.8 Å². The molecule has 0 spiro atoms. The Balaban J connectivity index is 1.85. The monoisotopic (exact) mass is 266 g/mol. The molecule has 6 N–H and O–H groups in total. The number of nitrogens with two attached hydrogens (primary N) is 2. The van der Waals surface area contributed by atoms with Crippen molar-refractivity contribution in [1.82, 2.24) is 9.97 Å². The van der Waals surface area contributed by atoms with Gasteiger partial charge in [-0.1, -0.05) is 0 Å². The maximum Gasteiger partial charge on any atom is 0.243 e. The number of aromatic nitrogens is 2. The number of carbonyl (C=O) groups excluding carboxylic acids is 1. The van der Waals surface area contributed by atoms with Crippen LogP contribution in [0.25, 0.3) is 0 Å². The second-order valence-electron chi connectivity index (χ2n) is 4.36. The van der Waals surface area contributed by atoms with Crippen molar-refractivity contribution in [2.24, 2.45) is 11.6 Å². The van der Waals surface area contributed by atoms with Gasteiger partial charge in [0.15, 0.2) is 0 Å². The summed E-state index contributed by atoms with van der Waals surface area (Å²) < 4.78 is 5.04. The summed E-state index contributed by atoms with van der Waals surface area (Å²) in [6, 6.07) is 1.72. The first-order chi connectivity index (χ1) is 9.19. The Labute approximate surface area is 110 Å². The zero-order valence-electron chi connectivity index (χ0n) is 10.6. The van der Waals surface area contributed by atoms with E-state index < -0.39 is 5.91 Å². The van der Waals surface area contributed by atoms with Gasteiger partial charge in [0.2, 0.25) is 5.91 Å². The lowest BCUT2D eigenvalue weighted by Crippen LogP contribution is -2.21. The van der Waals surface area contributed by atoms with E-state index in [2.05, 4.69) is 20.7 Å². The van der Waals surface area contributed by atoms with Crippen molar-refractivity contribution in [3.8, 4) is 0 Å². The summed E-state index contributed by atoms with van der Waals surface area (Å²) in [5, 5.41) is 3.09. The van der Waals surface area contributed by atoms with E-state index in [1.807, 2.05) is 0 Å². The predicted octanol–water partition coefficient (Wildman–Crippen LogP) is -0.447. The number of amides is 1. The van der Waals surface area contributed by atoms with Gasteiger partial charge in [-0.3, -0.25) is 4.79 Å². The first-order valence-electron chi connectivity index (χ1n) is 6.14. The molecule has 19 heavy (non-hydrogen) atoms. The Morgan fingerprint density at radius 3 is 2.79 bits per heavy atom. The van der Waals surface area contributed by atoms with Crippen LogP contribution in [0.4, 0.5) is 11.6 Å². The highest BCUT2D eigenvalue weighted by Gasteiger charge is 2.27. The summed E-state index contributed by atoms with van der Waals surface area (Å²) in [7, 11) is 0. The fourth-order valence-corrected chi connectivity index (χ4v) is 1.58. The molecule has 104 valence electrons. The van der Waals surface area contributed by atoms with E-state index in [4.69, 9.17) is 16.3 Å². The lowest BCUT2D eigenvalue weighted by molar-refractivity contribution is -0.122. The Kier molecular flexibility index (Phi) is 4.48. The Morgan fingerprint density at radius 1 is 1.42 bits per heavy atom. The predicted molar refractivity (Wildman–Crippen MR) is 70.3 cm³/mol. The summed E-state index contributed by atoms with van der Waals surface area (Å²) in [6.45, 7) is 0.823. The minimum Gasteiger partial charge on any atom is -0.370 e. The number of nitrogens with zero attached hydrogens (tertiary/aromatic N) is 2. The molecule has 1 heterocycles. The lowest BCUT2D eigenvalue weighted by atomic mass is 10.4. The second kappa shape index (κ2) is 6.30. The average Bonchev–Trinajstić information content (AvgIpc) is 3.22. The van der Waals surface area contributed by atoms with Crippen LogP contribution in [0.15, 0.2) is 6.07 Å². The largest absolute Gasteiger partial charge is 0.370 e. The summed E-state index contributed by atoms with van der Waals surface area (Å²) in [4.78, 5) is 19.2. The van der Waals surface area contributed by atoms with Crippen LogP contribution < -0.4 is 22.3 Å². The maximum absolute atomic E-state index is 10.5. The van der Waals surface area contributed by atoms with Crippen LogP contribution in [0, 0.1) is 0 Å². The number of ether oxygens (including phenoxy) is 1. The first-order valence-corrected chi connectivity index (χ1v) is 6.14. The molecule has 0 atom stereocenters. The minimum atomic E-state index is -0.479. The zero-order chi connectivity index (χ0) is 13.7. The molecule has 1 saturated carbocycles. The summed E-state index contributed by atoms with van der Waals surface area (Å²) in [5.74, 6) is 7.41. The van der Waals surface area contributed by atoms with Gasteiger partial charge in [0, 0.05) is 18.5 Å². The second-order valence-corrected chi connectivity index (χ2v) is 4.36. The Bertz CT molecular complexity index is 449. The van der Waals surface area contributed by atoms with Crippen LogP contribution in [0.2, 0.25) is 0 Å². The summed E-state index contributed by atoms with van der Waals surface area (Å²) in [5.41, 5.74) is 7.48. The van der Waals surface area contributed by atoms with E-state index in [0.717, 1.165) is 18.7 Å². The van der Waals surface area contributed by atoms with Gasteiger partial charge in [0.1, 0.15) is 24.1 Å². The van der Waals surface area contributed by atoms with E-state index in [1.165, 1.54) is 0 Å². The zero-order valence-corrected chi connectivity index (χ0v) is 10.6. The molecule has 0 bridgehead atoms. The smallest absolute Gasteiger partial charge is 0.243 e. The molecule has 0 saturated heterocycles. The van der Waals surface area contributed by atoms with Gasteiger partial charge >= 0.3 is 0 Å². The highest BCUT2D eigenvalue weighted by molar-refractivity contribution is 5.74. The number of rotatable bonds is 8. The standard InChI is InChI=1S/C11H18N6O2/c12-8(18)6-19-4-3-14-9-5-10(17-13)16-11(15-9)7-1-2-7/h5,7H,1-4,6,13H2,(H2,12,18)(H2,14,15,16,17). The molecule has 1 aromatic heterocycles. The van der Waals surface area contributed by atoms with Crippen molar-refractivity contribution in [1.29, 1.82) is 0 Å². The third-order valence-electron chi connectivity index (χ3n) is 2.63. The number of hydrazine groups is 1. The number of anilines is 2. The van der Waals surface area contributed by atoms with E-state index in [9.17, 15) is 4.79 Å². The van der Waals surface area contributed by atoms with E-state index in [0.29, 0.717) is 30.7 Å². The maximum atomic E-state index is 10.5. The highest BCUT2D eigenvalue weighted by Crippen LogP contribution is 2.38. The number of primary amides is 1. The van der Waals surface area contributed by atoms with Crippen LogP contribution in [-0.4, -0.2) is 35.6 Å². The van der Waals surface area contributed by atoms with Gasteiger partial charge in [-0.15, -0.1) is 0 Å². The number of nitrogen functional groups attached to an aromatic ring is 1. The lowest BCUT2D eigenvalue weighted by Gasteiger charge is -2.09. The topological polar surface area (TPSA) is 128 Å². The van der Waals surface area contributed by atoms with E-state index >= 15 is 0 Å². The quantitative estimate of drug-likeness (QED) is 0.285. The molecule has 1 aromatic rings. The van der Waals surface area contributed by atoms with Gasteiger partial charge in [-0.2, -0.15) is 0 Å². The highest BCUT2D eigenvalue weighted by atomic mass is 16.5. The Hall–Kier alpha value is -1.93. The van der Waals surface area contributed by atoms with Gasteiger partial charge in [-0.25, -0.2) is 15.8 Å². The van der Waals surface area contributed by atoms with Crippen molar-refractivity contribution >= 4 is 17.5 Å². The molecule has 0 aromatic carbocycles. The van der Waals surface area contributed by atoms with Crippen LogP contribution >= 0.6 is 0 Å².